The molecule has 0 atom stereocenters. The van der Waals surface area contributed by atoms with E-state index in [0.717, 1.165) is 0 Å². The molecule has 1 rings (SSSR count). The largest absolute Gasteiger partial charge is 0.306 e. The highest BCUT2D eigenvalue weighted by Crippen LogP contribution is 2.01. The lowest BCUT2D eigenvalue weighted by molar-refractivity contribution is 0.418. The van der Waals surface area contributed by atoms with Crippen molar-refractivity contribution >= 4 is 0 Å². The normalized spacial score (nSPS) is 19.4. The summed E-state index contributed by atoms with van der Waals surface area (Å²) in [6.07, 6.45) is 2.83. The van der Waals surface area contributed by atoms with Gasteiger partial charge >= 0.3 is 0 Å². The van der Waals surface area contributed by atoms with E-state index in [1.54, 1.807) is 0 Å². The molecule has 0 aromatic carbocycles. The van der Waals surface area contributed by atoms with Gasteiger partial charge in [0.2, 0.25) is 0 Å². The molecule has 0 radical (unpaired) electrons. The zero-order valence-electron chi connectivity index (χ0n) is 5.30. The van der Waals surface area contributed by atoms with Crippen LogP contribution in [0, 0.1) is 11.8 Å². The lowest BCUT2D eigenvalue weighted by Crippen LogP contribution is -2.10. The van der Waals surface area contributed by atoms with Crippen molar-refractivity contribution in [3.63, 3.8) is 0 Å². The number of likely N-dealkylation sites (tertiary alicyclic amines) is 1. The maximum Gasteiger partial charge on any atom is 0.0462 e. The fraction of sp³-hybridized carbons (Fsp3) is 0.833. The standard InChI is InChI=1S/C5H11N.CHN/c1-6-4-2-3-5-6;1-2/h2-5H2,1H3;1H. The minimum Gasteiger partial charge on any atom is -0.306 e. The molecular formula is C6H12N2. The molecule has 2 heteroatoms. The van der Waals surface area contributed by atoms with Crippen molar-refractivity contribution in [2.75, 3.05) is 20.1 Å². The molecule has 0 unspecified atom stereocenters. The maximum atomic E-state index is 6.50. The zero-order chi connectivity index (χ0) is 6.41. The Morgan fingerprint density at radius 3 is 1.75 bits per heavy atom. The molecule has 0 saturated carbocycles. The van der Waals surface area contributed by atoms with Crippen LogP contribution < -0.4 is 0 Å². The third-order valence-corrected chi connectivity index (χ3v) is 1.33. The van der Waals surface area contributed by atoms with Gasteiger partial charge in [-0.1, -0.05) is 0 Å². The van der Waals surface area contributed by atoms with E-state index in [0.29, 0.717) is 0 Å². The van der Waals surface area contributed by atoms with Gasteiger partial charge in [0.1, 0.15) is 0 Å². The van der Waals surface area contributed by atoms with Crippen LogP contribution in [0.15, 0.2) is 0 Å². The summed E-state index contributed by atoms with van der Waals surface area (Å²) in [6.45, 7) is 6.14. The second-order valence-corrected chi connectivity index (χ2v) is 2.01. The molecule has 0 spiro atoms. The van der Waals surface area contributed by atoms with Gasteiger partial charge in [-0.2, -0.15) is 0 Å². The van der Waals surface area contributed by atoms with Crippen molar-refractivity contribution in [3.05, 3.63) is 0 Å². The zero-order valence-corrected chi connectivity index (χ0v) is 5.30. The van der Waals surface area contributed by atoms with Crippen LogP contribution in [0.25, 0.3) is 0 Å². The van der Waals surface area contributed by atoms with E-state index < -0.39 is 0 Å². The van der Waals surface area contributed by atoms with Crippen molar-refractivity contribution in [1.82, 2.24) is 4.90 Å². The Labute approximate surface area is 50.7 Å². The fourth-order valence-corrected chi connectivity index (χ4v) is 0.875. The first-order chi connectivity index (χ1) is 3.89. The van der Waals surface area contributed by atoms with Crippen molar-refractivity contribution < 1.29 is 0 Å². The predicted octanol–water partition coefficient (Wildman–Crippen LogP) is 0.852. The summed E-state index contributed by atoms with van der Waals surface area (Å²) >= 11 is 0. The van der Waals surface area contributed by atoms with Crippen molar-refractivity contribution in [3.8, 4) is 6.57 Å². The van der Waals surface area contributed by atoms with Gasteiger partial charge in [-0.15, -0.1) is 0 Å². The molecule has 0 aliphatic carbocycles. The summed E-state index contributed by atoms with van der Waals surface area (Å²) in [4.78, 5) is 2.36. The Bertz CT molecular complexity index is 62.2. The topological polar surface area (TPSA) is 27.0 Å². The summed E-state index contributed by atoms with van der Waals surface area (Å²) in [5, 5.41) is 6.50. The minimum atomic E-state index is 1.32. The third-order valence-electron chi connectivity index (χ3n) is 1.33. The molecule has 1 aliphatic rings. The van der Waals surface area contributed by atoms with Gasteiger partial charge in [0.15, 0.2) is 0 Å². The Morgan fingerprint density at radius 2 is 1.62 bits per heavy atom. The van der Waals surface area contributed by atoms with E-state index in [1.165, 1.54) is 25.9 Å². The number of nitrogens with zero attached hydrogens (tertiary/aromatic N) is 2. The highest BCUT2D eigenvalue weighted by atomic mass is 15.1. The summed E-state index contributed by atoms with van der Waals surface area (Å²) in [7, 11) is 2.17. The SMILES string of the molecule is C#N.CN1CCCC1. The van der Waals surface area contributed by atoms with Crippen LogP contribution in [-0.2, 0) is 0 Å². The summed E-state index contributed by atoms with van der Waals surface area (Å²) in [6, 6.07) is 0. The van der Waals surface area contributed by atoms with Crippen LogP contribution >= 0.6 is 0 Å². The number of rotatable bonds is 0. The highest BCUT2D eigenvalue weighted by molar-refractivity contribution is 4.59. The average molecular weight is 112 g/mol. The van der Waals surface area contributed by atoms with E-state index >= 15 is 0 Å². The van der Waals surface area contributed by atoms with Crippen LogP contribution in [0.4, 0.5) is 0 Å². The van der Waals surface area contributed by atoms with Gasteiger partial charge in [0, 0.05) is 6.57 Å². The highest BCUT2D eigenvalue weighted by Gasteiger charge is 2.03. The van der Waals surface area contributed by atoms with Crippen LogP contribution in [0.2, 0.25) is 0 Å². The molecule has 0 aromatic rings. The molecule has 0 N–H and O–H groups in total. The second kappa shape index (κ2) is 4.61. The molecule has 1 saturated heterocycles. The van der Waals surface area contributed by atoms with Crippen LogP contribution in [0.3, 0.4) is 0 Å². The Morgan fingerprint density at radius 1 is 1.25 bits per heavy atom. The number of hydrogen-bond donors (Lipinski definition) is 0. The molecule has 1 fully saturated rings. The molecule has 0 aromatic heterocycles. The van der Waals surface area contributed by atoms with E-state index in [1.807, 2.05) is 0 Å². The first kappa shape index (κ1) is 7.45. The first-order valence-electron chi connectivity index (χ1n) is 2.84. The Hall–Kier alpha value is -0.550. The van der Waals surface area contributed by atoms with Crippen molar-refractivity contribution in [2.24, 2.45) is 0 Å². The number of nitriles is 1. The van der Waals surface area contributed by atoms with Gasteiger partial charge in [-0.3, -0.25) is 0 Å². The summed E-state index contributed by atoms with van der Waals surface area (Å²) < 4.78 is 0. The molecule has 2 nitrogen and oxygen atoms in total. The van der Waals surface area contributed by atoms with Crippen molar-refractivity contribution in [2.45, 2.75) is 12.8 Å². The lowest BCUT2D eigenvalue weighted by Gasteiger charge is -2.01. The molecule has 0 amide bonds. The minimum absolute atomic E-state index is 1.32. The molecular weight excluding hydrogens is 100 g/mol. The van der Waals surface area contributed by atoms with Crippen LogP contribution in [0.5, 0.6) is 0 Å². The van der Waals surface area contributed by atoms with E-state index in [4.69, 9.17) is 5.26 Å². The molecule has 46 valence electrons. The smallest absolute Gasteiger partial charge is 0.0462 e. The predicted molar refractivity (Wildman–Crippen MR) is 33.4 cm³/mol. The fourth-order valence-electron chi connectivity index (χ4n) is 0.875. The maximum absolute atomic E-state index is 6.50. The van der Waals surface area contributed by atoms with Crippen LogP contribution in [-0.4, -0.2) is 25.0 Å². The second-order valence-electron chi connectivity index (χ2n) is 2.01. The van der Waals surface area contributed by atoms with Gasteiger partial charge < -0.3 is 4.90 Å². The number of hydrogen-bond acceptors (Lipinski definition) is 2. The molecule has 1 aliphatic heterocycles. The van der Waals surface area contributed by atoms with E-state index in [-0.39, 0.29) is 0 Å². The monoisotopic (exact) mass is 112 g/mol. The van der Waals surface area contributed by atoms with E-state index in [2.05, 4.69) is 18.5 Å². The third kappa shape index (κ3) is 2.59. The van der Waals surface area contributed by atoms with Gasteiger partial charge in [0.05, 0.1) is 0 Å². The van der Waals surface area contributed by atoms with Gasteiger partial charge in [-0.25, -0.2) is 5.26 Å². The lowest BCUT2D eigenvalue weighted by atomic mass is 10.4. The van der Waals surface area contributed by atoms with Gasteiger partial charge in [0.25, 0.3) is 0 Å². The molecule has 0 bridgehead atoms. The molecule has 8 heavy (non-hydrogen) atoms. The summed E-state index contributed by atoms with van der Waals surface area (Å²) in [5.41, 5.74) is 0. The van der Waals surface area contributed by atoms with E-state index in [9.17, 15) is 0 Å². The van der Waals surface area contributed by atoms with Crippen molar-refractivity contribution in [1.29, 1.82) is 5.26 Å². The average Bonchev–Trinajstić information content (AvgIpc) is 2.24. The Balaban J connectivity index is 0.000000222. The summed E-state index contributed by atoms with van der Waals surface area (Å²) in [5.74, 6) is 0. The first-order valence-corrected chi connectivity index (χ1v) is 2.84. The Kier molecular flexibility index (Phi) is 4.29. The molecule has 1 heterocycles. The van der Waals surface area contributed by atoms with Crippen LogP contribution in [0.1, 0.15) is 12.8 Å². The van der Waals surface area contributed by atoms with Gasteiger partial charge in [-0.05, 0) is 33.0 Å². The quantitative estimate of drug-likeness (QED) is 0.464.